The van der Waals surface area contributed by atoms with E-state index >= 15 is 0 Å². The van der Waals surface area contributed by atoms with Gasteiger partial charge in [-0.25, -0.2) is 4.98 Å². The predicted octanol–water partition coefficient (Wildman–Crippen LogP) is 2.55. The maximum atomic E-state index is 10.5. The zero-order chi connectivity index (χ0) is 12.3. The lowest BCUT2D eigenvalue weighted by atomic mass is 10.1. The topological polar surface area (TPSA) is 63.3 Å². The smallest absolute Gasteiger partial charge is 0.309 e. The summed E-state index contributed by atoms with van der Waals surface area (Å²) in [7, 11) is 0. The van der Waals surface area contributed by atoms with Crippen LogP contribution in [0, 0.1) is 0 Å². The van der Waals surface area contributed by atoms with Gasteiger partial charge in [0.05, 0.1) is 12.1 Å². The molecule has 1 aromatic heterocycles. The van der Waals surface area contributed by atoms with Crippen LogP contribution in [0.15, 0.2) is 34.9 Å². The zero-order valence-electron chi connectivity index (χ0n) is 8.89. The summed E-state index contributed by atoms with van der Waals surface area (Å²) in [5.41, 5.74) is 1.40. The predicted molar refractivity (Wildman–Crippen MR) is 62.1 cm³/mol. The van der Waals surface area contributed by atoms with Gasteiger partial charge < -0.3 is 9.52 Å². The molecular formula is C12H10ClNO3. The normalized spacial score (nSPS) is 10.4. The van der Waals surface area contributed by atoms with E-state index in [1.54, 1.807) is 6.07 Å². The fourth-order valence-corrected chi connectivity index (χ4v) is 1.70. The van der Waals surface area contributed by atoms with E-state index in [4.69, 9.17) is 21.1 Å². The summed E-state index contributed by atoms with van der Waals surface area (Å²) in [5.74, 6) is -0.434. The molecular weight excluding hydrogens is 242 g/mol. The van der Waals surface area contributed by atoms with Gasteiger partial charge in [-0.1, -0.05) is 23.7 Å². The van der Waals surface area contributed by atoms with Crippen LogP contribution in [0.4, 0.5) is 0 Å². The Hall–Kier alpha value is -1.81. The van der Waals surface area contributed by atoms with E-state index in [9.17, 15) is 4.79 Å². The zero-order valence-corrected chi connectivity index (χ0v) is 9.65. The van der Waals surface area contributed by atoms with Gasteiger partial charge in [0.15, 0.2) is 5.89 Å². The Morgan fingerprint density at radius 3 is 3.00 bits per heavy atom. The Kier molecular flexibility index (Phi) is 3.44. The Labute approximate surface area is 103 Å². The van der Waals surface area contributed by atoms with Crippen LogP contribution in [0.1, 0.15) is 17.1 Å². The third kappa shape index (κ3) is 3.32. The van der Waals surface area contributed by atoms with Crippen molar-refractivity contribution in [2.24, 2.45) is 0 Å². The van der Waals surface area contributed by atoms with Gasteiger partial charge in [-0.3, -0.25) is 4.79 Å². The second-order valence-corrected chi connectivity index (χ2v) is 4.05. The maximum absolute atomic E-state index is 10.5. The molecule has 4 nitrogen and oxygen atoms in total. The minimum atomic E-state index is -0.924. The second kappa shape index (κ2) is 5.01. The summed E-state index contributed by atoms with van der Waals surface area (Å²) in [4.78, 5) is 14.6. The highest BCUT2D eigenvalue weighted by Crippen LogP contribution is 2.14. The van der Waals surface area contributed by atoms with E-state index in [-0.39, 0.29) is 6.42 Å². The molecule has 2 rings (SSSR count). The molecule has 1 heterocycles. The third-order valence-electron chi connectivity index (χ3n) is 2.18. The van der Waals surface area contributed by atoms with Gasteiger partial charge in [0, 0.05) is 11.4 Å². The third-order valence-corrected chi connectivity index (χ3v) is 2.41. The lowest BCUT2D eigenvalue weighted by Crippen LogP contribution is -2.00. The van der Waals surface area contributed by atoms with Gasteiger partial charge in [0.2, 0.25) is 0 Å². The van der Waals surface area contributed by atoms with Crippen molar-refractivity contribution in [3.05, 3.63) is 52.7 Å². The summed E-state index contributed by atoms with van der Waals surface area (Å²) in [6.07, 6.45) is 1.74. The molecule has 0 fully saturated rings. The molecule has 0 aliphatic carbocycles. The maximum Gasteiger partial charge on any atom is 0.309 e. The first-order valence-electron chi connectivity index (χ1n) is 5.03. The number of halogens is 1. The van der Waals surface area contributed by atoms with E-state index in [0.717, 1.165) is 5.56 Å². The van der Waals surface area contributed by atoms with E-state index in [2.05, 4.69) is 4.98 Å². The quantitative estimate of drug-likeness (QED) is 0.907. The van der Waals surface area contributed by atoms with Crippen LogP contribution in [0.25, 0.3) is 0 Å². The highest BCUT2D eigenvalue weighted by atomic mass is 35.5. The Bertz CT molecular complexity index is 536. The molecule has 0 saturated carbocycles. The van der Waals surface area contributed by atoms with Crippen molar-refractivity contribution in [2.75, 3.05) is 0 Å². The van der Waals surface area contributed by atoms with Crippen LogP contribution in [0.5, 0.6) is 0 Å². The number of carboxylic acid groups (broad SMARTS) is 1. The monoisotopic (exact) mass is 251 g/mol. The molecule has 0 amide bonds. The minimum Gasteiger partial charge on any atom is -0.481 e. The first kappa shape index (κ1) is 11.7. The van der Waals surface area contributed by atoms with E-state index in [1.807, 2.05) is 18.2 Å². The average molecular weight is 252 g/mol. The van der Waals surface area contributed by atoms with Gasteiger partial charge in [0.1, 0.15) is 6.26 Å². The number of hydrogen-bond acceptors (Lipinski definition) is 3. The molecule has 2 aromatic rings. The van der Waals surface area contributed by atoms with E-state index in [0.29, 0.717) is 23.0 Å². The van der Waals surface area contributed by atoms with Crippen LogP contribution >= 0.6 is 11.6 Å². The number of carbonyl (C=O) groups is 1. The van der Waals surface area contributed by atoms with Gasteiger partial charge >= 0.3 is 5.97 Å². The van der Waals surface area contributed by atoms with Crippen molar-refractivity contribution in [1.29, 1.82) is 0 Å². The van der Waals surface area contributed by atoms with Gasteiger partial charge in [-0.2, -0.15) is 0 Å². The van der Waals surface area contributed by atoms with E-state index < -0.39 is 5.97 Å². The molecule has 0 aliphatic rings. The first-order valence-corrected chi connectivity index (χ1v) is 5.41. The van der Waals surface area contributed by atoms with Crippen LogP contribution in [0.3, 0.4) is 0 Å². The number of oxazole rings is 1. The fraction of sp³-hybridized carbons (Fsp3) is 0.167. The van der Waals surface area contributed by atoms with Crippen molar-refractivity contribution in [3.63, 3.8) is 0 Å². The minimum absolute atomic E-state index is 0.126. The van der Waals surface area contributed by atoms with Crippen molar-refractivity contribution in [2.45, 2.75) is 12.8 Å². The van der Waals surface area contributed by atoms with Crippen molar-refractivity contribution in [1.82, 2.24) is 4.98 Å². The van der Waals surface area contributed by atoms with Crippen molar-refractivity contribution < 1.29 is 14.3 Å². The molecule has 0 saturated heterocycles. The van der Waals surface area contributed by atoms with E-state index in [1.165, 1.54) is 6.26 Å². The van der Waals surface area contributed by atoms with Gasteiger partial charge in [-0.15, -0.1) is 0 Å². The van der Waals surface area contributed by atoms with Crippen LogP contribution in [-0.2, 0) is 17.6 Å². The number of carboxylic acids is 1. The molecule has 88 valence electrons. The Balaban J connectivity index is 2.08. The number of aliphatic carboxylic acids is 1. The Morgan fingerprint density at radius 1 is 1.47 bits per heavy atom. The second-order valence-electron chi connectivity index (χ2n) is 3.61. The molecule has 17 heavy (non-hydrogen) atoms. The summed E-state index contributed by atoms with van der Waals surface area (Å²) in [5, 5.41) is 9.26. The number of nitrogens with zero attached hydrogens (tertiary/aromatic N) is 1. The van der Waals surface area contributed by atoms with Crippen molar-refractivity contribution in [3.8, 4) is 0 Å². The summed E-state index contributed by atoms with van der Waals surface area (Å²) in [6, 6.07) is 7.37. The molecule has 0 spiro atoms. The lowest BCUT2D eigenvalue weighted by molar-refractivity contribution is -0.136. The van der Waals surface area contributed by atoms with Gasteiger partial charge in [-0.05, 0) is 17.7 Å². The van der Waals surface area contributed by atoms with Gasteiger partial charge in [0.25, 0.3) is 0 Å². The average Bonchev–Trinajstić information content (AvgIpc) is 2.64. The van der Waals surface area contributed by atoms with Crippen LogP contribution in [-0.4, -0.2) is 16.1 Å². The van der Waals surface area contributed by atoms with Crippen LogP contribution in [0.2, 0.25) is 5.02 Å². The summed E-state index contributed by atoms with van der Waals surface area (Å²) < 4.78 is 5.19. The molecule has 1 aromatic carbocycles. The highest BCUT2D eigenvalue weighted by Gasteiger charge is 2.08. The highest BCUT2D eigenvalue weighted by molar-refractivity contribution is 6.30. The summed E-state index contributed by atoms with van der Waals surface area (Å²) in [6.45, 7) is 0. The number of rotatable bonds is 4. The summed E-state index contributed by atoms with van der Waals surface area (Å²) >= 11 is 5.86. The largest absolute Gasteiger partial charge is 0.481 e. The SMILES string of the molecule is O=C(O)Cc1coc(Cc2cccc(Cl)c2)n1. The molecule has 0 aliphatic heterocycles. The Morgan fingerprint density at radius 2 is 2.29 bits per heavy atom. The molecule has 5 heteroatoms. The lowest BCUT2D eigenvalue weighted by Gasteiger charge is -1.97. The standard InChI is InChI=1S/C12H10ClNO3/c13-9-3-1-2-8(4-9)5-11-14-10(7-17-11)6-12(15)16/h1-4,7H,5-6H2,(H,15,16). The number of benzene rings is 1. The molecule has 0 unspecified atom stereocenters. The molecule has 0 atom stereocenters. The van der Waals surface area contributed by atoms with Crippen LogP contribution < -0.4 is 0 Å². The molecule has 0 radical (unpaired) electrons. The first-order chi connectivity index (χ1) is 8.13. The molecule has 1 N–H and O–H groups in total. The number of aromatic nitrogens is 1. The fourth-order valence-electron chi connectivity index (χ4n) is 1.49. The van der Waals surface area contributed by atoms with Crippen molar-refractivity contribution >= 4 is 17.6 Å². The molecule has 0 bridgehead atoms. The number of hydrogen-bond donors (Lipinski definition) is 1.